The standard InChI is InChI=1S/C20H23N7O/c1-13(2)9-22-10-14-5-6-15(17(7-14)28-4)16-8-18(27-26-16)25-20-12-23-19(21-3)11-24-20/h5-8,11-13,22H,9-10H2,1-2,4H3,(H2,24,25,26,27). The molecule has 0 fully saturated rings. The van der Waals surface area contributed by atoms with Crippen LogP contribution in [0.1, 0.15) is 19.4 Å². The van der Waals surface area contributed by atoms with E-state index in [9.17, 15) is 0 Å². The first-order chi connectivity index (χ1) is 13.6. The number of hydrogen-bond acceptors (Lipinski definition) is 6. The molecule has 0 saturated carbocycles. The minimum absolute atomic E-state index is 0.251. The Morgan fingerprint density at radius 3 is 2.71 bits per heavy atom. The molecule has 0 spiro atoms. The minimum atomic E-state index is 0.251. The molecule has 0 aliphatic heterocycles. The van der Waals surface area contributed by atoms with Crippen molar-refractivity contribution in [2.24, 2.45) is 5.92 Å². The average Bonchev–Trinajstić information content (AvgIpc) is 3.16. The second-order valence-corrected chi connectivity index (χ2v) is 6.72. The van der Waals surface area contributed by atoms with Gasteiger partial charge in [0.1, 0.15) is 5.75 Å². The molecule has 0 atom stereocenters. The number of hydrogen-bond donors (Lipinski definition) is 3. The number of methoxy groups -OCH3 is 1. The Labute approximate surface area is 164 Å². The summed E-state index contributed by atoms with van der Waals surface area (Å²) in [6, 6.07) is 8.00. The van der Waals surface area contributed by atoms with Crippen LogP contribution in [0.3, 0.4) is 0 Å². The summed E-state index contributed by atoms with van der Waals surface area (Å²) in [5.41, 5.74) is 2.91. The number of H-pyrrole nitrogens is 1. The molecule has 3 aromatic rings. The van der Waals surface area contributed by atoms with E-state index in [1.54, 1.807) is 7.11 Å². The van der Waals surface area contributed by atoms with Gasteiger partial charge in [0.2, 0.25) is 0 Å². The van der Waals surface area contributed by atoms with E-state index in [-0.39, 0.29) is 5.82 Å². The van der Waals surface area contributed by atoms with Crippen LogP contribution in [0.2, 0.25) is 0 Å². The number of aromatic nitrogens is 4. The average molecular weight is 377 g/mol. The van der Waals surface area contributed by atoms with Gasteiger partial charge in [0, 0.05) is 18.2 Å². The van der Waals surface area contributed by atoms with Crippen LogP contribution in [0, 0.1) is 12.5 Å². The molecule has 28 heavy (non-hydrogen) atoms. The van der Waals surface area contributed by atoms with Gasteiger partial charge in [-0.1, -0.05) is 26.5 Å². The van der Waals surface area contributed by atoms with Gasteiger partial charge in [-0.05, 0) is 30.2 Å². The zero-order chi connectivity index (χ0) is 19.9. The summed E-state index contributed by atoms with van der Waals surface area (Å²) in [4.78, 5) is 11.4. The van der Waals surface area contributed by atoms with Gasteiger partial charge in [0.05, 0.1) is 19.0 Å². The molecule has 0 aliphatic rings. The van der Waals surface area contributed by atoms with Crippen LogP contribution in [0.25, 0.3) is 16.1 Å². The molecule has 3 rings (SSSR count). The molecule has 0 radical (unpaired) electrons. The smallest absolute Gasteiger partial charge is 0.288 e. The number of anilines is 2. The maximum atomic E-state index is 6.91. The van der Waals surface area contributed by atoms with E-state index >= 15 is 0 Å². The second-order valence-electron chi connectivity index (χ2n) is 6.72. The summed E-state index contributed by atoms with van der Waals surface area (Å²) in [7, 11) is 1.66. The van der Waals surface area contributed by atoms with Gasteiger partial charge in [-0.3, -0.25) is 5.10 Å². The van der Waals surface area contributed by atoms with Crippen molar-refractivity contribution in [3.8, 4) is 17.0 Å². The summed E-state index contributed by atoms with van der Waals surface area (Å²) in [5.74, 6) is 2.76. The Kier molecular flexibility index (Phi) is 6.19. The predicted octanol–water partition coefficient (Wildman–Crippen LogP) is 3.92. The van der Waals surface area contributed by atoms with E-state index < -0.39 is 0 Å². The van der Waals surface area contributed by atoms with E-state index in [0.29, 0.717) is 17.6 Å². The number of rotatable bonds is 8. The molecule has 2 aromatic heterocycles. The second kappa shape index (κ2) is 8.97. The lowest BCUT2D eigenvalue weighted by molar-refractivity contribution is 0.415. The fraction of sp³-hybridized carbons (Fsp3) is 0.300. The van der Waals surface area contributed by atoms with Crippen LogP contribution < -0.4 is 15.4 Å². The summed E-state index contributed by atoms with van der Waals surface area (Å²) >= 11 is 0. The van der Waals surface area contributed by atoms with Crippen LogP contribution >= 0.6 is 0 Å². The fourth-order valence-corrected chi connectivity index (χ4v) is 2.67. The normalized spacial score (nSPS) is 10.7. The van der Waals surface area contributed by atoms with Gasteiger partial charge < -0.3 is 20.2 Å². The quantitative estimate of drug-likeness (QED) is 0.516. The molecular weight excluding hydrogens is 354 g/mol. The molecule has 3 N–H and O–H groups in total. The number of aromatic amines is 1. The van der Waals surface area contributed by atoms with E-state index in [2.05, 4.69) is 55.6 Å². The zero-order valence-electron chi connectivity index (χ0n) is 16.2. The number of benzene rings is 1. The lowest BCUT2D eigenvalue weighted by Gasteiger charge is -2.11. The lowest BCUT2D eigenvalue weighted by Crippen LogP contribution is -2.18. The van der Waals surface area contributed by atoms with Gasteiger partial charge in [0.15, 0.2) is 17.8 Å². The Morgan fingerprint density at radius 2 is 2.04 bits per heavy atom. The maximum absolute atomic E-state index is 6.91. The maximum Gasteiger partial charge on any atom is 0.288 e. The molecule has 144 valence electrons. The predicted molar refractivity (Wildman–Crippen MR) is 109 cm³/mol. The van der Waals surface area contributed by atoms with Crippen LogP contribution in [0.15, 0.2) is 36.7 Å². The zero-order valence-corrected chi connectivity index (χ0v) is 16.2. The Hall–Kier alpha value is -3.44. The number of nitrogens with one attached hydrogen (secondary N) is 3. The number of nitrogens with zero attached hydrogens (tertiary/aromatic N) is 4. The first-order valence-electron chi connectivity index (χ1n) is 8.99. The molecule has 0 amide bonds. The van der Waals surface area contributed by atoms with Gasteiger partial charge in [-0.2, -0.15) is 5.10 Å². The highest BCUT2D eigenvalue weighted by Gasteiger charge is 2.11. The van der Waals surface area contributed by atoms with Crippen LogP contribution in [-0.2, 0) is 6.54 Å². The molecule has 1 aromatic carbocycles. The van der Waals surface area contributed by atoms with Crippen molar-refractivity contribution in [1.29, 1.82) is 0 Å². The van der Waals surface area contributed by atoms with E-state index in [4.69, 9.17) is 11.3 Å². The fourth-order valence-electron chi connectivity index (χ4n) is 2.67. The summed E-state index contributed by atoms with van der Waals surface area (Å²) in [6.07, 6.45) is 2.92. The van der Waals surface area contributed by atoms with Gasteiger partial charge in [-0.15, -0.1) is 4.98 Å². The summed E-state index contributed by atoms with van der Waals surface area (Å²) in [6.45, 7) is 13.1. The topological polar surface area (TPSA) is 92.1 Å². The van der Waals surface area contributed by atoms with Crippen molar-refractivity contribution >= 4 is 17.5 Å². The van der Waals surface area contributed by atoms with E-state index in [0.717, 1.165) is 35.7 Å². The minimum Gasteiger partial charge on any atom is -0.496 e. The lowest BCUT2D eigenvalue weighted by atomic mass is 10.1. The molecule has 0 bridgehead atoms. The van der Waals surface area contributed by atoms with Gasteiger partial charge >= 0.3 is 0 Å². The third-order valence-corrected chi connectivity index (χ3v) is 4.02. The van der Waals surface area contributed by atoms with E-state index in [1.807, 2.05) is 18.2 Å². The van der Waals surface area contributed by atoms with Crippen molar-refractivity contribution in [3.63, 3.8) is 0 Å². The Balaban J connectivity index is 1.73. The van der Waals surface area contributed by atoms with Gasteiger partial charge in [-0.25, -0.2) is 4.98 Å². The molecule has 8 heteroatoms. The van der Waals surface area contributed by atoms with Crippen LogP contribution in [0.5, 0.6) is 5.75 Å². The van der Waals surface area contributed by atoms with Gasteiger partial charge in [0.25, 0.3) is 5.82 Å². The first kappa shape index (κ1) is 19.3. The molecule has 0 aliphatic carbocycles. The molecule has 2 heterocycles. The first-order valence-corrected chi connectivity index (χ1v) is 8.99. The highest BCUT2D eigenvalue weighted by molar-refractivity contribution is 5.71. The SMILES string of the molecule is [C-]#[N+]c1cnc(Nc2cc(-c3ccc(CNCC(C)C)cc3OC)[nH]n2)cn1. The monoisotopic (exact) mass is 377 g/mol. The number of ether oxygens (including phenoxy) is 1. The van der Waals surface area contributed by atoms with Crippen LogP contribution in [0.4, 0.5) is 17.5 Å². The third kappa shape index (κ3) is 4.84. The van der Waals surface area contributed by atoms with Crippen LogP contribution in [-0.4, -0.2) is 33.8 Å². The Bertz CT molecular complexity index is 957. The van der Waals surface area contributed by atoms with Crippen molar-refractivity contribution in [1.82, 2.24) is 25.5 Å². The van der Waals surface area contributed by atoms with Crippen molar-refractivity contribution in [2.45, 2.75) is 20.4 Å². The molecular formula is C20H23N7O. The molecule has 0 saturated heterocycles. The summed E-state index contributed by atoms with van der Waals surface area (Å²) < 4.78 is 5.57. The molecule has 8 nitrogen and oxygen atoms in total. The molecule has 0 unspecified atom stereocenters. The Morgan fingerprint density at radius 1 is 1.18 bits per heavy atom. The van der Waals surface area contributed by atoms with Crippen molar-refractivity contribution in [2.75, 3.05) is 19.0 Å². The van der Waals surface area contributed by atoms with E-state index in [1.165, 1.54) is 12.4 Å². The van der Waals surface area contributed by atoms with Crippen molar-refractivity contribution < 1.29 is 4.74 Å². The third-order valence-electron chi connectivity index (χ3n) is 4.02. The summed E-state index contributed by atoms with van der Waals surface area (Å²) in [5, 5.41) is 13.8. The highest BCUT2D eigenvalue weighted by Crippen LogP contribution is 2.31. The highest BCUT2D eigenvalue weighted by atomic mass is 16.5. The largest absolute Gasteiger partial charge is 0.496 e. The van der Waals surface area contributed by atoms with Crippen molar-refractivity contribution in [3.05, 3.63) is 53.6 Å².